The Bertz CT molecular complexity index is 1260. The molecule has 0 bridgehead atoms. The van der Waals surface area contributed by atoms with E-state index in [1.54, 1.807) is 12.1 Å². The molecule has 0 radical (unpaired) electrons. The Morgan fingerprint density at radius 1 is 1.06 bits per heavy atom. The second-order valence-electron chi connectivity index (χ2n) is 8.06. The van der Waals surface area contributed by atoms with E-state index < -0.39 is 28.3 Å². The van der Waals surface area contributed by atoms with Crippen molar-refractivity contribution >= 4 is 33.4 Å². The lowest BCUT2D eigenvalue weighted by Crippen LogP contribution is -2.42. The number of nitrogens with one attached hydrogen (secondary N) is 1. The first-order valence-electron chi connectivity index (χ1n) is 10.9. The fourth-order valence-corrected chi connectivity index (χ4v) is 5.63. The molecule has 8 heteroatoms. The standard InChI is InChI=1S/C26H29FN2O3S2/c1-5-25(24-14-9-18(2)15-19(24)3)28-26(30)17-29(21-8-6-7-20(27)16-21)34(31,32)23-12-10-22(33-4)11-13-23/h6-16,25H,5,17H2,1-4H3,(H,28,30). The van der Waals surface area contributed by atoms with Crippen LogP contribution in [-0.2, 0) is 14.8 Å². The Labute approximate surface area is 205 Å². The normalized spacial score (nSPS) is 12.3. The van der Waals surface area contributed by atoms with Gasteiger partial charge in [0.05, 0.1) is 16.6 Å². The van der Waals surface area contributed by atoms with Crippen LogP contribution < -0.4 is 9.62 Å². The maximum Gasteiger partial charge on any atom is 0.264 e. The maximum absolute atomic E-state index is 14.0. The lowest BCUT2D eigenvalue weighted by atomic mass is 9.97. The van der Waals surface area contributed by atoms with Gasteiger partial charge >= 0.3 is 0 Å². The molecule has 34 heavy (non-hydrogen) atoms. The number of thioether (sulfide) groups is 1. The Balaban J connectivity index is 1.92. The number of halogens is 1. The van der Waals surface area contributed by atoms with E-state index >= 15 is 0 Å². The van der Waals surface area contributed by atoms with Crippen LogP contribution in [0.1, 0.15) is 36.1 Å². The zero-order chi connectivity index (χ0) is 24.9. The van der Waals surface area contributed by atoms with Gasteiger partial charge in [0.15, 0.2) is 0 Å². The predicted molar refractivity (Wildman–Crippen MR) is 136 cm³/mol. The summed E-state index contributed by atoms with van der Waals surface area (Å²) < 4.78 is 42.0. The van der Waals surface area contributed by atoms with Crippen LogP contribution >= 0.6 is 11.8 Å². The fraction of sp³-hybridized carbons (Fsp3) is 0.269. The number of carbonyl (C=O) groups excluding carboxylic acids is 1. The molecule has 1 N–H and O–H groups in total. The smallest absolute Gasteiger partial charge is 0.264 e. The van der Waals surface area contributed by atoms with E-state index in [-0.39, 0.29) is 16.6 Å². The van der Waals surface area contributed by atoms with Crippen molar-refractivity contribution in [3.8, 4) is 0 Å². The number of sulfonamides is 1. The van der Waals surface area contributed by atoms with Crippen molar-refractivity contribution < 1.29 is 17.6 Å². The summed E-state index contributed by atoms with van der Waals surface area (Å²) in [5, 5.41) is 2.96. The summed E-state index contributed by atoms with van der Waals surface area (Å²) in [7, 11) is -4.12. The molecular weight excluding hydrogens is 471 g/mol. The van der Waals surface area contributed by atoms with Crippen molar-refractivity contribution in [2.45, 2.75) is 43.0 Å². The summed E-state index contributed by atoms with van der Waals surface area (Å²) in [5.41, 5.74) is 3.24. The van der Waals surface area contributed by atoms with E-state index in [0.29, 0.717) is 6.42 Å². The van der Waals surface area contributed by atoms with Crippen molar-refractivity contribution in [3.05, 3.63) is 89.2 Å². The minimum Gasteiger partial charge on any atom is -0.348 e. The van der Waals surface area contributed by atoms with E-state index in [4.69, 9.17) is 0 Å². The molecule has 0 fully saturated rings. The largest absolute Gasteiger partial charge is 0.348 e. The minimum atomic E-state index is -4.12. The van der Waals surface area contributed by atoms with Gasteiger partial charge in [0.1, 0.15) is 12.4 Å². The van der Waals surface area contributed by atoms with Crippen LogP contribution in [0, 0.1) is 19.7 Å². The number of carbonyl (C=O) groups is 1. The van der Waals surface area contributed by atoms with Crippen LogP contribution in [0.2, 0.25) is 0 Å². The molecule has 3 aromatic rings. The lowest BCUT2D eigenvalue weighted by molar-refractivity contribution is -0.120. The molecule has 180 valence electrons. The zero-order valence-electron chi connectivity index (χ0n) is 19.7. The van der Waals surface area contributed by atoms with E-state index in [0.717, 1.165) is 32.0 Å². The van der Waals surface area contributed by atoms with Gasteiger partial charge in [0.25, 0.3) is 10.0 Å². The Kier molecular flexibility index (Phi) is 8.38. The molecule has 3 rings (SSSR count). The first kappa shape index (κ1) is 25.8. The van der Waals surface area contributed by atoms with Gasteiger partial charge in [0.2, 0.25) is 5.91 Å². The fourth-order valence-electron chi connectivity index (χ4n) is 3.81. The zero-order valence-corrected chi connectivity index (χ0v) is 21.3. The average molecular weight is 501 g/mol. The summed E-state index contributed by atoms with van der Waals surface area (Å²) >= 11 is 1.49. The highest BCUT2D eigenvalue weighted by atomic mass is 32.2. The van der Waals surface area contributed by atoms with Crippen LogP contribution in [0.15, 0.2) is 76.5 Å². The van der Waals surface area contributed by atoms with Crippen molar-refractivity contribution in [1.82, 2.24) is 5.32 Å². The molecule has 3 aromatic carbocycles. The number of aryl methyl sites for hydroxylation is 2. The van der Waals surface area contributed by atoms with E-state index in [9.17, 15) is 17.6 Å². The first-order chi connectivity index (χ1) is 16.1. The van der Waals surface area contributed by atoms with Crippen LogP contribution in [-0.4, -0.2) is 27.1 Å². The van der Waals surface area contributed by atoms with Gasteiger partial charge in [-0.05, 0) is 80.1 Å². The molecule has 0 saturated carbocycles. The highest BCUT2D eigenvalue weighted by Gasteiger charge is 2.28. The number of amides is 1. The summed E-state index contributed by atoms with van der Waals surface area (Å²) in [6.07, 6.45) is 2.53. The van der Waals surface area contributed by atoms with E-state index in [1.807, 2.05) is 45.2 Å². The van der Waals surface area contributed by atoms with Gasteiger partial charge in [-0.3, -0.25) is 9.10 Å². The number of hydrogen-bond acceptors (Lipinski definition) is 4. The molecule has 0 aliphatic heterocycles. The van der Waals surface area contributed by atoms with Crippen LogP contribution in [0.25, 0.3) is 0 Å². The molecule has 0 aliphatic rings. The van der Waals surface area contributed by atoms with E-state index in [1.165, 1.54) is 42.1 Å². The molecular formula is C26H29FN2O3S2. The molecule has 1 amide bonds. The highest BCUT2D eigenvalue weighted by Crippen LogP contribution is 2.27. The quantitative estimate of drug-likeness (QED) is 0.387. The molecule has 0 spiro atoms. The van der Waals surface area contributed by atoms with Crippen molar-refractivity contribution in [2.75, 3.05) is 17.1 Å². The van der Waals surface area contributed by atoms with Gasteiger partial charge in [-0.2, -0.15) is 0 Å². The lowest BCUT2D eigenvalue weighted by Gasteiger charge is -2.26. The van der Waals surface area contributed by atoms with Gasteiger partial charge < -0.3 is 5.32 Å². The SMILES string of the molecule is CCC(NC(=O)CN(c1cccc(F)c1)S(=O)(=O)c1ccc(SC)cc1)c1ccc(C)cc1C. The van der Waals surface area contributed by atoms with Crippen LogP contribution in [0.3, 0.4) is 0 Å². The predicted octanol–water partition coefficient (Wildman–Crippen LogP) is 5.63. The average Bonchev–Trinajstić information content (AvgIpc) is 2.81. The van der Waals surface area contributed by atoms with Gasteiger partial charge in [-0.1, -0.05) is 36.8 Å². The van der Waals surface area contributed by atoms with Gasteiger partial charge in [-0.15, -0.1) is 11.8 Å². The van der Waals surface area contributed by atoms with Crippen molar-refractivity contribution in [2.24, 2.45) is 0 Å². The second kappa shape index (κ2) is 11.1. The summed E-state index contributed by atoms with van der Waals surface area (Å²) in [5.74, 6) is -1.06. The van der Waals surface area contributed by atoms with Gasteiger partial charge in [0, 0.05) is 4.90 Å². The third-order valence-corrected chi connectivity index (χ3v) is 8.11. The van der Waals surface area contributed by atoms with Crippen LogP contribution in [0.4, 0.5) is 10.1 Å². The molecule has 1 unspecified atom stereocenters. The number of nitrogens with zero attached hydrogens (tertiary/aromatic N) is 1. The Morgan fingerprint density at radius 2 is 1.76 bits per heavy atom. The number of hydrogen-bond donors (Lipinski definition) is 1. The molecule has 1 atom stereocenters. The number of anilines is 1. The second-order valence-corrected chi connectivity index (χ2v) is 10.8. The maximum atomic E-state index is 14.0. The van der Waals surface area contributed by atoms with Crippen molar-refractivity contribution in [3.63, 3.8) is 0 Å². The topological polar surface area (TPSA) is 66.5 Å². The Morgan fingerprint density at radius 3 is 2.35 bits per heavy atom. The molecule has 0 heterocycles. The molecule has 0 saturated heterocycles. The number of benzene rings is 3. The Hall–Kier alpha value is -2.84. The summed E-state index contributed by atoms with van der Waals surface area (Å²) in [6.45, 7) is 5.47. The third-order valence-electron chi connectivity index (χ3n) is 5.58. The number of rotatable bonds is 9. The van der Waals surface area contributed by atoms with Gasteiger partial charge in [-0.25, -0.2) is 12.8 Å². The summed E-state index contributed by atoms with van der Waals surface area (Å²) in [6, 6.07) is 17.4. The van der Waals surface area contributed by atoms with Crippen molar-refractivity contribution in [1.29, 1.82) is 0 Å². The van der Waals surface area contributed by atoms with E-state index in [2.05, 4.69) is 5.32 Å². The highest BCUT2D eigenvalue weighted by molar-refractivity contribution is 7.98. The molecule has 0 aromatic heterocycles. The molecule has 0 aliphatic carbocycles. The first-order valence-corrected chi connectivity index (χ1v) is 13.6. The monoisotopic (exact) mass is 500 g/mol. The third kappa shape index (κ3) is 5.98. The molecule has 5 nitrogen and oxygen atoms in total. The minimum absolute atomic E-state index is 0.0313. The summed E-state index contributed by atoms with van der Waals surface area (Å²) in [4.78, 5) is 14.0. The van der Waals surface area contributed by atoms with Crippen LogP contribution in [0.5, 0.6) is 0 Å².